The van der Waals surface area contributed by atoms with Crippen molar-refractivity contribution in [3.8, 4) is 6.07 Å². The zero-order valence-electron chi connectivity index (χ0n) is 7.32. The van der Waals surface area contributed by atoms with E-state index < -0.39 is 5.78 Å². The van der Waals surface area contributed by atoms with Gasteiger partial charge in [0, 0.05) is 6.08 Å². The Balaban J connectivity index is 2.93. The van der Waals surface area contributed by atoms with Crippen LogP contribution in [0.1, 0.15) is 12.5 Å². The van der Waals surface area contributed by atoms with E-state index in [0.717, 1.165) is 11.1 Å². The van der Waals surface area contributed by atoms with E-state index in [-0.39, 0.29) is 0 Å². The zero-order chi connectivity index (χ0) is 9.68. The fraction of sp³-hybridized carbons (Fsp3) is 0.0909. The molecule has 0 saturated heterocycles. The lowest BCUT2D eigenvalue weighted by molar-refractivity contribution is -0.109. The zero-order valence-corrected chi connectivity index (χ0v) is 7.32. The summed E-state index contributed by atoms with van der Waals surface area (Å²) in [5.41, 5.74) is 1.78. The minimum absolute atomic E-state index is 0.513. The van der Waals surface area contributed by atoms with Gasteiger partial charge in [-0.3, -0.25) is 4.79 Å². The highest BCUT2D eigenvalue weighted by Gasteiger charge is 1.97. The van der Waals surface area contributed by atoms with Crippen LogP contribution in [0.4, 0.5) is 0 Å². The predicted molar refractivity (Wildman–Crippen MR) is 50.7 cm³/mol. The van der Waals surface area contributed by atoms with Crippen LogP contribution in [-0.4, -0.2) is 5.78 Å². The molecule has 13 heavy (non-hydrogen) atoms. The molecule has 0 aliphatic carbocycles. The first kappa shape index (κ1) is 9.21. The summed E-state index contributed by atoms with van der Waals surface area (Å²) in [5, 5.41) is 8.29. The van der Waals surface area contributed by atoms with Crippen molar-refractivity contribution in [3.63, 3.8) is 0 Å². The predicted octanol–water partition coefficient (Wildman–Crippen LogP) is 2.18. The Labute approximate surface area is 77.1 Å². The Morgan fingerprint density at radius 1 is 1.38 bits per heavy atom. The van der Waals surface area contributed by atoms with E-state index in [4.69, 9.17) is 5.26 Å². The van der Waals surface area contributed by atoms with Gasteiger partial charge in [-0.15, -0.1) is 0 Å². The fourth-order valence-electron chi connectivity index (χ4n) is 1.01. The van der Waals surface area contributed by atoms with E-state index >= 15 is 0 Å². The van der Waals surface area contributed by atoms with Gasteiger partial charge < -0.3 is 0 Å². The van der Waals surface area contributed by atoms with Crippen molar-refractivity contribution in [2.75, 3.05) is 0 Å². The maximum absolute atomic E-state index is 10.8. The van der Waals surface area contributed by atoms with Crippen LogP contribution in [0.15, 0.2) is 36.4 Å². The number of allylic oxidation sites excluding steroid dienone is 2. The van der Waals surface area contributed by atoms with Crippen LogP contribution in [0.3, 0.4) is 0 Å². The molecule has 2 nitrogen and oxygen atoms in total. The summed E-state index contributed by atoms with van der Waals surface area (Å²) in [6.07, 6.45) is 1.34. The van der Waals surface area contributed by atoms with E-state index in [1.165, 1.54) is 6.08 Å². The summed E-state index contributed by atoms with van der Waals surface area (Å²) < 4.78 is 0. The van der Waals surface area contributed by atoms with Crippen molar-refractivity contribution in [1.82, 2.24) is 0 Å². The van der Waals surface area contributed by atoms with E-state index in [9.17, 15) is 4.79 Å². The van der Waals surface area contributed by atoms with Gasteiger partial charge in [-0.1, -0.05) is 30.3 Å². The van der Waals surface area contributed by atoms with Gasteiger partial charge in [0.25, 0.3) is 5.78 Å². The molecule has 0 bridgehead atoms. The third-order valence-electron chi connectivity index (χ3n) is 1.69. The van der Waals surface area contributed by atoms with Crippen LogP contribution >= 0.6 is 0 Å². The molecule has 0 N–H and O–H groups in total. The van der Waals surface area contributed by atoms with Crippen molar-refractivity contribution in [2.45, 2.75) is 6.92 Å². The number of ketones is 1. The summed E-state index contributed by atoms with van der Waals surface area (Å²) in [5.74, 6) is -0.513. The number of carbonyl (C=O) groups is 1. The molecular weight excluding hydrogens is 162 g/mol. The number of nitriles is 1. The first-order valence-electron chi connectivity index (χ1n) is 3.92. The standard InChI is InChI=1S/C11H9NO/c1-9(7-11(13)8-12)10-5-3-2-4-6-10/h2-7H,1H3/b9-7-. The molecule has 1 rings (SSSR count). The van der Waals surface area contributed by atoms with Crippen molar-refractivity contribution < 1.29 is 4.79 Å². The van der Waals surface area contributed by atoms with Crippen LogP contribution in [0.2, 0.25) is 0 Å². The van der Waals surface area contributed by atoms with Gasteiger partial charge in [-0.2, -0.15) is 5.26 Å². The number of carbonyl (C=O) groups excluding carboxylic acids is 1. The Kier molecular flexibility index (Phi) is 2.99. The van der Waals surface area contributed by atoms with E-state index in [1.807, 2.05) is 37.3 Å². The first-order chi connectivity index (χ1) is 6.24. The first-order valence-corrected chi connectivity index (χ1v) is 3.92. The minimum atomic E-state index is -0.513. The Morgan fingerprint density at radius 3 is 2.54 bits per heavy atom. The molecule has 0 spiro atoms. The molecule has 0 atom stereocenters. The summed E-state index contributed by atoms with van der Waals surface area (Å²) in [6, 6.07) is 11.0. The topological polar surface area (TPSA) is 40.9 Å². The molecule has 0 saturated carbocycles. The molecule has 0 radical (unpaired) electrons. The lowest BCUT2D eigenvalue weighted by Crippen LogP contribution is -1.88. The quantitative estimate of drug-likeness (QED) is 0.505. The van der Waals surface area contributed by atoms with Gasteiger partial charge in [-0.25, -0.2) is 0 Å². The highest BCUT2D eigenvalue weighted by molar-refractivity contribution is 6.06. The molecule has 0 fully saturated rings. The Bertz CT molecular complexity index is 371. The van der Waals surface area contributed by atoms with E-state index in [1.54, 1.807) is 6.07 Å². The molecule has 0 unspecified atom stereocenters. The van der Waals surface area contributed by atoms with Gasteiger partial charge in [0.1, 0.15) is 6.07 Å². The largest absolute Gasteiger partial charge is 0.278 e. The Hall–Kier alpha value is -1.88. The SMILES string of the molecule is C/C(=C/C(=O)C#N)c1ccccc1. The van der Waals surface area contributed by atoms with Crippen molar-refractivity contribution in [2.24, 2.45) is 0 Å². The summed E-state index contributed by atoms with van der Waals surface area (Å²) >= 11 is 0. The Morgan fingerprint density at radius 2 is 2.00 bits per heavy atom. The number of rotatable bonds is 2. The molecule has 0 aliphatic rings. The molecule has 0 amide bonds. The molecule has 0 heterocycles. The minimum Gasteiger partial charge on any atom is -0.278 e. The van der Waals surface area contributed by atoms with Crippen LogP contribution in [0.5, 0.6) is 0 Å². The average molecular weight is 171 g/mol. The summed E-state index contributed by atoms with van der Waals surface area (Å²) in [4.78, 5) is 10.8. The maximum Gasteiger partial charge on any atom is 0.255 e. The molecule has 0 aromatic heterocycles. The van der Waals surface area contributed by atoms with Gasteiger partial charge in [-0.05, 0) is 18.1 Å². The summed E-state index contributed by atoms with van der Waals surface area (Å²) in [6.45, 7) is 1.81. The van der Waals surface area contributed by atoms with Gasteiger partial charge >= 0.3 is 0 Å². The molecule has 64 valence electrons. The normalized spacial score (nSPS) is 10.6. The average Bonchev–Trinajstić information content (AvgIpc) is 2.19. The van der Waals surface area contributed by atoms with Gasteiger partial charge in [0.15, 0.2) is 0 Å². The molecule has 0 aliphatic heterocycles. The monoisotopic (exact) mass is 171 g/mol. The molecule has 1 aromatic rings. The van der Waals surface area contributed by atoms with E-state index in [2.05, 4.69) is 0 Å². The second-order valence-corrected chi connectivity index (χ2v) is 2.67. The third kappa shape index (κ3) is 2.57. The smallest absolute Gasteiger partial charge is 0.255 e. The molecular formula is C11H9NO. The fourth-order valence-corrected chi connectivity index (χ4v) is 1.01. The number of hydrogen-bond donors (Lipinski definition) is 0. The van der Waals surface area contributed by atoms with Crippen LogP contribution in [0.25, 0.3) is 5.57 Å². The van der Waals surface area contributed by atoms with Crippen LogP contribution in [-0.2, 0) is 4.79 Å². The molecule has 1 aromatic carbocycles. The lowest BCUT2D eigenvalue weighted by atomic mass is 10.1. The number of hydrogen-bond acceptors (Lipinski definition) is 2. The van der Waals surface area contributed by atoms with Gasteiger partial charge in [0.05, 0.1) is 0 Å². The van der Waals surface area contributed by atoms with Crippen LogP contribution in [0, 0.1) is 11.3 Å². The molecule has 2 heteroatoms. The van der Waals surface area contributed by atoms with E-state index in [0.29, 0.717) is 0 Å². The second kappa shape index (κ2) is 4.22. The highest BCUT2D eigenvalue weighted by Crippen LogP contribution is 2.11. The van der Waals surface area contributed by atoms with Gasteiger partial charge in [0.2, 0.25) is 0 Å². The van der Waals surface area contributed by atoms with Crippen molar-refractivity contribution in [1.29, 1.82) is 5.26 Å². The second-order valence-electron chi connectivity index (χ2n) is 2.67. The van der Waals surface area contributed by atoms with Crippen molar-refractivity contribution in [3.05, 3.63) is 42.0 Å². The maximum atomic E-state index is 10.8. The number of benzene rings is 1. The summed E-state index contributed by atoms with van der Waals surface area (Å²) in [7, 11) is 0. The number of nitrogens with zero attached hydrogens (tertiary/aromatic N) is 1. The van der Waals surface area contributed by atoms with Crippen LogP contribution < -0.4 is 0 Å². The lowest BCUT2D eigenvalue weighted by Gasteiger charge is -1.97. The third-order valence-corrected chi connectivity index (χ3v) is 1.69. The van der Waals surface area contributed by atoms with Crippen molar-refractivity contribution >= 4 is 11.4 Å². The highest BCUT2D eigenvalue weighted by atomic mass is 16.1.